The number of fused-ring (bicyclic) bond motifs is 2. The van der Waals surface area contributed by atoms with Gasteiger partial charge in [-0.3, -0.25) is 14.5 Å². The highest BCUT2D eigenvalue weighted by molar-refractivity contribution is 8.01. The lowest BCUT2D eigenvalue weighted by molar-refractivity contribution is -0.150. The second kappa shape index (κ2) is 16.7. The normalized spacial score (nSPS) is 17.0. The van der Waals surface area contributed by atoms with E-state index in [0.717, 1.165) is 64.4 Å². The Kier molecular flexibility index (Phi) is 11.7. The molecule has 1 saturated heterocycles. The number of nitrogens with one attached hydrogen (secondary N) is 2. The fourth-order valence-electron chi connectivity index (χ4n) is 5.78. The highest BCUT2D eigenvalue weighted by Crippen LogP contribution is 2.42. The number of oxime groups is 1. The molecule has 61 heavy (non-hydrogen) atoms. The molecule has 320 valence electrons. The predicted molar refractivity (Wildman–Crippen MR) is 216 cm³/mol. The number of aryl methyl sites for hydroxylation is 1. The van der Waals surface area contributed by atoms with E-state index in [1.165, 1.54) is 21.7 Å². The van der Waals surface area contributed by atoms with Gasteiger partial charge in [-0.05, 0) is 42.8 Å². The summed E-state index contributed by atoms with van der Waals surface area (Å²) in [7, 11) is -8.41. The van der Waals surface area contributed by atoms with Gasteiger partial charge >= 0.3 is 5.97 Å². The van der Waals surface area contributed by atoms with Crippen molar-refractivity contribution in [2.45, 2.75) is 39.7 Å². The Hall–Kier alpha value is -6.20. The van der Waals surface area contributed by atoms with E-state index in [1.54, 1.807) is 13.0 Å². The number of hydrogen-bond acceptors (Lipinski definition) is 21. The largest absolute Gasteiger partial charge is 0.504 e. The summed E-state index contributed by atoms with van der Waals surface area (Å²) in [4.78, 5) is 57.7. The first-order valence-electron chi connectivity index (χ1n) is 17.1. The number of thiazole rings is 1. The number of sulfone groups is 1. The molecule has 0 bridgehead atoms. The molecule has 9 N–H and O–H groups in total. The van der Waals surface area contributed by atoms with Crippen LogP contribution >= 0.6 is 34.9 Å². The van der Waals surface area contributed by atoms with Crippen LogP contribution in [0.1, 0.15) is 17.2 Å². The number of carbonyl (C=O) groups is 3. The van der Waals surface area contributed by atoms with Crippen molar-refractivity contribution >= 4 is 89.1 Å². The van der Waals surface area contributed by atoms with Crippen molar-refractivity contribution in [2.24, 2.45) is 5.16 Å². The van der Waals surface area contributed by atoms with Gasteiger partial charge in [0.15, 0.2) is 39.7 Å². The average molecular weight is 935 g/mol. The van der Waals surface area contributed by atoms with Crippen LogP contribution in [0, 0.1) is 6.92 Å². The van der Waals surface area contributed by atoms with Crippen LogP contribution in [0.3, 0.4) is 0 Å². The Morgan fingerprint density at radius 2 is 1.69 bits per heavy atom. The zero-order valence-electron chi connectivity index (χ0n) is 30.9. The molecule has 2 aromatic carbocycles. The van der Waals surface area contributed by atoms with Crippen LogP contribution in [-0.4, -0.2) is 124 Å². The topological polar surface area (TPSA) is 352 Å². The summed E-state index contributed by atoms with van der Waals surface area (Å²) in [5, 5.41) is 60.3. The zero-order valence-corrected chi connectivity index (χ0v) is 34.9. The van der Waals surface area contributed by atoms with Crippen molar-refractivity contribution in [3.63, 3.8) is 0 Å². The number of anilines is 1. The second-order valence-corrected chi connectivity index (χ2v) is 19.6. The minimum atomic E-state index is -4.26. The number of phenols is 4. The molecule has 0 unspecified atom stereocenters. The number of carboxylic acid groups (broad SMARTS) is 1. The minimum absolute atomic E-state index is 0.0296. The maximum absolute atomic E-state index is 13.5. The quantitative estimate of drug-likeness (QED) is 0.0176. The number of thioether (sulfide) groups is 2. The fourth-order valence-corrected chi connectivity index (χ4v) is 10.8. The molecule has 0 radical (unpaired) electrons. The van der Waals surface area contributed by atoms with Crippen molar-refractivity contribution < 1.29 is 61.6 Å². The van der Waals surface area contributed by atoms with Gasteiger partial charge in [0.25, 0.3) is 17.6 Å². The van der Waals surface area contributed by atoms with Crippen LogP contribution in [0.4, 0.5) is 5.13 Å². The summed E-state index contributed by atoms with van der Waals surface area (Å²) < 4.78 is 54.8. The number of rotatable bonds is 15. The van der Waals surface area contributed by atoms with Gasteiger partial charge in [0.2, 0.25) is 25.8 Å². The maximum atomic E-state index is 13.5. The van der Waals surface area contributed by atoms with E-state index in [9.17, 15) is 56.8 Å². The van der Waals surface area contributed by atoms with Crippen molar-refractivity contribution in [1.29, 1.82) is 0 Å². The molecule has 2 aliphatic heterocycles. The van der Waals surface area contributed by atoms with Crippen LogP contribution in [0.15, 0.2) is 79.1 Å². The number of aromatic nitrogens is 5. The van der Waals surface area contributed by atoms with Crippen molar-refractivity contribution in [3.05, 3.63) is 76.3 Å². The molecule has 2 atom stereocenters. The first-order valence-corrected chi connectivity index (χ1v) is 23.1. The number of nitrogens with zero attached hydrogens (tertiary/aromatic N) is 7. The first-order chi connectivity index (χ1) is 28.8. The number of benzene rings is 2. The van der Waals surface area contributed by atoms with Gasteiger partial charge in [-0.2, -0.15) is 9.50 Å². The van der Waals surface area contributed by atoms with Crippen molar-refractivity contribution in [1.82, 2.24) is 39.5 Å². The number of β-lactam (4-membered cyclic amide) rings is 1. The SMILES string of the molecule is Cc1cc(SCC2=C(C(=O)O)N3C(=O)[C@@H](NC(=O)/C(=N\OCS(=O)(=O)c4ccc(O)c(O)c4)c4csc(N)n4)[C@H]3SC2)n2nc(CNS(=O)(=O)c3ccc(O)c(O)c3)nc2n1. The van der Waals surface area contributed by atoms with Gasteiger partial charge in [-0.1, -0.05) is 5.16 Å². The number of nitrogen functional groups attached to an aromatic ring is 1. The Balaban J connectivity index is 1.04. The molecular weight excluding hydrogens is 905 g/mol. The molecule has 0 spiro atoms. The number of nitrogens with two attached hydrogens (primary N) is 1. The highest BCUT2D eigenvalue weighted by atomic mass is 32.2. The number of carbonyl (C=O) groups excluding carboxylic acids is 2. The molecule has 3 aromatic heterocycles. The Morgan fingerprint density at radius 3 is 2.34 bits per heavy atom. The van der Waals surface area contributed by atoms with Crippen LogP contribution < -0.4 is 15.8 Å². The van der Waals surface area contributed by atoms with E-state index >= 15 is 0 Å². The van der Waals surface area contributed by atoms with Crippen LogP contribution in [0.2, 0.25) is 0 Å². The molecule has 28 heteroatoms. The smallest absolute Gasteiger partial charge is 0.352 e. The lowest BCUT2D eigenvalue weighted by atomic mass is 10.0. The minimum Gasteiger partial charge on any atom is -0.504 e. The number of amides is 2. The maximum Gasteiger partial charge on any atom is 0.352 e. The van der Waals surface area contributed by atoms with Gasteiger partial charge in [0.05, 0.1) is 16.3 Å². The summed E-state index contributed by atoms with van der Waals surface area (Å²) in [6.07, 6.45) is 0. The van der Waals surface area contributed by atoms with Gasteiger partial charge in [0.1, 0.15) is 27.8 Å². The van der Waals surface area contributed by atoms with E-state index in [4.69, 9.17) is 10.6 Å². The summed E-state index contributed by atoms with van der Waals surface area (Å²) >= 11 is 3.27. The molecular formula is C33H30N10O13S5. The van der Waals surface area contributed by atoms with Gasteiger partial charge < -0.3 is 41.4 Å². The summed E-state index contributed by atoms with van der Waals surface area (Å²) in [5.74, 6) is -6.31. The third kappa shape index (κ3) is 8.84. The van der Waals surface area contributed by atoms with Crippen LogP contribution in [-0.2, 0) is 45.6 Å². The molecule has 2 amide bonds. The Labute approximate surface area is 356 Å². The van der Waals surface area contributed by atoms with Crippen LogP contribution in [0.5, 0.6) is 23.0 Å². The van der Waals surface area contributed by atoms with E-state index in [2.05, 4.69) is 35.2 Å². The Morgan fingerprint density at radius 1 is 1.00 bits per heavy atom. The molecule has 2 aliphatic rings. The molecule has 5 aromatic rings. The molecule has 1 fully saturated rings. The fraction of sp³-hybridized carbons (Fsp3) is 0.212. The molecule has 0 saturated carbocycles. The third-order valence-electron chi connectivity index (χ3n) is 8.71. The standard InChI is InChI=1S/C33H30N10O13S5/c1-14-6-24(43-33(36-14)38-23(40-43)9-35-61(54,55)17-3-5-20(45)22(47)8-17)57-10-15-11-58-30-26(29(49)42(30)27(15)31(50)51)39-28(48)25(18-12-59-32(34)37-18)41-56-13-60(52,53)16-2-4-19(44)21(46)7-16/h2-8,12,26,30,35,44-47H,9-11,13H2,1H3,(H2,34,37)(H,39,48)(H,50,51)/b41-25-/t26-,30-/m1/s1. The monoisotopic (exact) mass is 934 g/mol. The van der Waals surface area contributed by atoms with Gasteiger partial charge in [-0.25, -0.2) is 36.3 Å². The number of aromatic hydroxyl groups is 4. The van der Waals surface area contributed by atoms with E-state index in [1.807, 2.05) is 0 Å². The lowest BCUT2D eigenvalue weighted by Gasteiger charge is -2.49. The first kappa shape index (κ1) is 42.9. The predicted octanol–water partition coefficient (Wildman–Crippen LogP) is 0.455. The van der Waals surface area contributed by atoms with E-state index < -0.39 is 88.6 Å². The molecule has 0 aliphatic carbocycles. The Bertz CT molecular complexity index is 2920. The van der Waals surface area contributed by atoms with E-state index in [-0.39, 0.29) is 51.1 Å². The van der Waals surface area contributed by atoms with Crippen molar-refractivity contribution in [2.75, 3.05) is 23.2 Å². The molecule has 7 rings (SSSR count). The number of hydrogen-bond donors (Lipinski definition) is 8. The number of aliphatic carboxylic acids is 1. The van der Waals surface area contributed by atoms with Gasteiger partial charge in [-0.15, -0.1) is 40.0 Å². The van der Waals surface area contributed by atoms with Gasteiger partial charge in [0, 0.05) is 34.7 Å². The number of carboxylic acids is 1. The van der Waals surface area contributed by atoms with Crippen LogP contribution in [0.25, 0.3) is 5.78 Å². The van der Waals surface area contributed by atoms with Crippen molar-refractivity contribution in [3.8, 4) is 23.0 Å². The second-order valence-electron chi connectivity index (χ2n) is 12.9. The summed E-state index contributed by atoms with van der Waals surface area (Å²) in [6, 6.07) is 6.20. The summed E-state index contributed by atoms with van der Waals surface area (Å²) in [5.41, 5.74) is 5.67. The van der Waals surface area contributed by atoms with E-state index in [0.29, 0.717) is 16.3 Å². The number of phenolic OH excluding ortho intramolecular Hbond substituents is 4. The third-order valence-corrected chi connectivity index (χ3v) is 14.6. The zero-order chi connectivity index (χ0) is 44.0. The number of sulfonamides is 1. The summed E-state index contributed by atoms with van der Waals surface area (Å²) in [6.45, 7) is 1.32. The highest BCUT2D eigenvalue weighted by Gasteiger charge is 2.54. The molecule has 23 nitrogen and oxygen atoms in total. The molecule has 5 heterocycles. The lowest BCUT2D eigenvalue weighted by Crippen LogP contribution is -2.71. The average Bonchev–Trinajstić information content (AvgIpc) is 3.83.